The van der Waals surface area contributed by atoms with Crippen molar-refractivity contribution in [1.29, 1.82) is 0 Å². The quantitative estimate of drug-likeness (QED) is 0.530. The van der Waals surface area contributed by atoms with Gasteiger partial charge in [-0.25, -0.2) is 5.43 Å². The molecule has 0 aliphatic rings. The summed E-state index contributed by atoms with van der Waals surface area (Å²) in [6, 6.07) is 14.6. The van der Waals surface area contributed by atoms with Gasteiger partial charge in [0, 0.05) is 15.5 Å². The Morgan fingerprint density at radius 1 is 1.15 bits per heavy atom. The summed E-state index contributed by atoms with van der Waals surface area (Å²) in [6.07, 6.45) is 3.63. The second kappa shape index (κ2) is 7.12. The normalized spacial score (nSPS) is 10.7. The van der Waals surface area contributed by atoms with Crippen molar-refractivity contribution in [1.82, 2.24) is 5.43 Å². The maximum Gasteiger partial charge on any atom is 0.271 e. The summed E-state index contributed by atoms with van der Waals surface area (Å²) in [6.45, 7) is 0. The molecule has 3 nitrogen and oxygen atoms in total. The molecular weight excluding hydrogens is 292 g/mol. The van der Waals surface area contributed by atoms with Crippen LogP contribution in [0.3, 0.4) is 0 Å². The molecule has 0 aromatic heterocycles. The third-order valence-corrected chi connectivity index (χ3v) is 3.60. The van der Waals surface area contributed by atoms with E-state index in [0.717, 1.165) is 5.56 Å². The number of thioether (sulfide) groups is 1. The number of hydrogen-bond acceptors (Lipinski definition) is 3. The Balaban J connectivity index is 1.95. The third kappa shape index (κ3) is 4.11. The molecule has 0 radical (unpaired) electrons. The van der Waals surface area contributed by atoms with E-state index in [2.05, 4.69) is 10.5 Å². The smallest absolute Gasteiger partial charge is 0.267 e. The van der Waals surface area contributed by atoms with Crippen molar-refractivity contribution < 1.29 is 4.79 Å². The van der Waals surface area contributed by atoms with Gasteiger partial charge < -0.3 is 0 Å². The molecule has 2 rings (SSSR count). The van der Waals surface area contributed by atoms with Crippen LogP contribution in [-0.2, 0) is 0 Å². The van der Waals surface area contributed by atoms with Crippen LogP contribution in [0.5, 0.6) is 0 Å². The lowest BCUT2D eigenvalue weighted by atomic mass is 10.2. The first-order valence-corrected chi connectivity index (χ1v) is 7.52. The van der Waals surface area contributed by atoms with Crippen LogP contribution in [0.4, 0.5) is 0 Å². The molecule has 0 aliphatic heterocycles. The Kier molecular flexibility index (Phi) is 5.21. The molecule has 0 unspecified atom stereocenters. The van der Waals surface area contributed by atoms with Crippen molar-refractivity contribution in [2.45, 2.75) is 4.90 Å². The minimum atomic E-state index is -0.265. The van der Waals surface area contributed by atoms with Crippen molar-refractivity contribution >= 4 is 35.5 Å². The number of hydrogen-bond donors (Lipinski definition) is 1. The molecule has 2 aromatic rings. The molecule has 0 fully saturated rings. The minimum Gasteiger partial charge on any atom is -0.267 e. The number of nitrogens with one attached hydrogen (secondary N) is 1. The highest BCUT2D eigenvalue weighted by Gasteiger charge is 2.02. The van der Waals surface area contributed by atoms with Crippen molar-refractivity contribution in [2.24, 2.45) is 5.10 Å². The zero-order valence-electron chi connectivity index (χ0n) is 10.8. The summed E-state index contributed by atoms with van der Waals surface area (Å²) < 4.78 is 0. The van der Waals surface area contributed by atoms with Crippen molar-refractivity contribution in [3.05, 3.63) is 64.7 Å². The monoisotopic (exact) mass is 304 g/mol. The van der Waals surface area contributed by atoms with Gasteiger partial charge in [-0.1, -0.05) is 23.7 Å². The largest absolute Gasteiger partial charge is 0.271 e. The molecule has 0 aliphatic carbocycles. The minimum absolute atomic E-state index is 0.265. The van der Waals surface area contributed by atoms with E-state index in [1.54, 1.807) is 42.2 Å². The number of halogens is 1. The zero-order chi connectivity index (χ0) is 14.4. The molecular formula is C15H13ClN2OS. The SMILES string of the molecule is CSc1ccc(C=NNC(=O)c2ccc(Cl)cc2)cc1. The number of nitrogens with zero attached hydrogens (tertiary/aromatic N) is 1. The maximum atomic E-state index is 11.8. The fourth-order valence-corrected chi connectivity index (χ4v) is 2.06. The first kappa shape index (κ1) is 14.6. The van der Waals surface area contributed by atoms with E-state index in [4.69, 9.17) is 11.6 Å². The highest BCUT2D eigenvalue weighted by molar-refractivity contribution is 7.98. The van der Waals surface area contributed by atoms with E-state index in [-0.39, 0.29) is 5.91 Å². The van der Waals surface area contributed by atoms with Gasteiger partial charge in [-0.3, -0.25) is 4.79 Å². The van der Waals surface area contributed by atoms with Gasteiger partial charge in [0.25, 0.3) is 5.91 Å². The van der Waals surface area contributed by atoms with Gasteiger partial charge in [0.1, 0.15) is 0 Å². The first-order valence-electron chi connectivity index (χ1n) is 5.92. The average molecular weight is 305 g/mol. The van der Waals surface area contributed by atoms with E-state index in [1.807, 2.05) is 30.5 Å². The van der Waals surface area contributed by atoms with Crippen LogP contribution in [0, 0.1) is 0 Å². The molecule has 1 amide bonds. The third-order valence-electron chi connectivity index (χ3n) is 2.60. The lowest BCUT2D eigenvalue weighted by molar-refractivity contribution is 0.0955. The summed E-state index contributed by atoms with van der Waals surface area (Å²) in [5.41, 5.74) is 3.93. The lowest BCUT2D eigenvalue weighted by Crippen LogP contribution is -2.17. The predicted molar refractivity (Wildman–Crippen MR) is 84.7 cm³/mol. The van der Waals surface area contributed by atoms with Crippen LogP contribution in [-0.4, -0.2) is 18.4 Å². The number of carbonyl (C=O) groups is 1. The molecule has 0 bridgehead atoms. The van der Waals surface area contributed by atoms with Crippen LogP contribution in [0.15, 0.2) is 58.5 Å². The fourth-order valence-electron chi connectivity index (χ4n) is 1.52. The van der Waals surface area contributed by atoms with E-state index in [0.29, 0.717) is 10.6 Å². The predicted octanol–water partition coefficient (Wildman–Crippen LogP) is 3.83. The highest BCUT2D eigenvalue weighted by atomic mass is 35.5. The summed E-state index contributed by atoms with van der Waals surface area (Å²) in [5.74, 6) is -0.265. The molecule has 0 atom stereocenters. The second-order valence-corrected chi connectivity index (χ2v) is 5.30. The Hall–Kier alpha value is -1.78. The van der Waals surface area contributed by atoms with Crippen molar-refractivity contribution in [3.8, 4) is 0 Å². The molecule has 102 valence electrons. The van der Waals surface area contributed by atoms with E-state index >= 15 is 0 Å². The fraction of sp³-hybridized carbons (Fsp3) is 0.0667. The number of carbonyl (C=O) groups excluding carboxylic acids is 1. The summed E-state index contributed by atoms with van der Waals surface area (Å²) in [5, 5.41) is 4.53. The van der Waals surface area contributed by atoms with Crippen LogP contribution >= 0.6 is 23.4 Å². The van der Waals surface area contributed by atoms with Gasteiger partial charge in [0.2, 0.25) is 0 Å². The van der Waals surface area contributed by atoms with Gasteiger partial charge in [-0.15, -0.1) is 11.8 Å². The van der Waals surface area contributed by atoms with Crippen molar-refractivity contribution in [3.63, 3.8) is 0 Å². The summed E-state index contributed by atoms with van der Waals surface area (Å²) >= 11 is 7.44. The Labute approximate surface area is 127 Å². The van der Waals surface area contributed by atoms with Crippen molar-refractivity contribution in [2.75, 3.05) is 6.26 Å². The van der Waals surface area contributed by atoms with E-state index < -0.39 is 0 Å². The zero-order valence-corrected chi connectivity index (χ0v) is 12.4. The Bertz CT molecular complexity index is 609. The molecule has 0 saturated heterocycles. The second-order valence-electron chi connectivity index (χ2n) is 3.98. The van der Waals surface area contributed by atoms with Gasteiger partial charge in [-0.05, 0) is 48.2 Å². The van der Waals surface area contributed by atoms with E-state index in [1.165, 1.54) is 4.90 Å². The molecule has 0 saturated carbocycles. The standard InChI is InChI=1S/C15H13ClN2OS/c1-20-14-8-2-11(3-9-14)10-17-18-15(19)12-4-6-13(16)7-5-12/h2-10H,1H3,(H,18,19). The summed E-state index contributed by atoms with van der Waals surface area (Å²) in [4.78, 5) is 13.0. The number of benzene rings is 2. The van der Waals surface area contributed by atoms with Crippen LogP contribution < -0.4 is 5.43 Å². The van der Waals surface area contributed by atoms with Gasteiger partial charge in [0.05, 0.1) is 6.21 Å². The average Bonchev–Trinajstić information content (AvgIpc) is 2.48. The van der Waals surface area contributed by atoms with Gasteiger partial charge in [-0.2, -0.15) is 5.10 Å². The Morgan fingerprint density at radius 3 is 2.40 bits per heavy atom. The number of rotatable bonds is 4. The van der Waals surface area contributed by atoms with Gasteiger partial charge in [0.15, 0.2) is 0 Å². The molecule has 0 heterocycles. The lowest BCUT2D eigenvalue weighted by Gasteiger charge is -2.00. The van der Waals surface area contributed by atoms with Crippen LogP contribution in [0.2, 0.25) is 5.02 Å². The van der Waals surface area contributed by atoms with E-state index in [9.17, 15) is 4.79 Å². The summed E-state index contributed by atoms with van der Waals surface area (Å²) in [7, 11) is 0. The molecule has 20 heavy (non-hydrogen) atoms. The molecule has 5 heteroatoms. The number of hydrazone groups is 1. The maximum absolute atomic E-state index is 11.8. The first-order chi connectivity index (χ1) is 9.69. The van der Waals surface area contributed by atoms with Crippen LogP contribution in [0.1, 0.15) is 15.9 Å². The molecule has 2 aromatic carbocycles. The van der Waals surface area contributed by atoms with Crippen LogP contribution in [0.25, 0.3) is 0 Å². The molecule has 1 N–H and O–H groups in total. The topological polar surface area (TPSA) is 41.5 Å². The highest BCUT2D eigenvalue weighted by Crippen LogP contribution is 2.14. The number of amides is 1. The Morgan fingerprint density at radius 2 is 1.80 bits per heavy atom. The van der Waals surface area contributed by atoms with Gasteiger partial charge >= 0.3 is 0 Å². The molecule has 0 spiro atoms.